The van der Waals surface area contributed by atoms with Crippen LogP contribution in [0.5, 0.6) is 5.75 Å². The average Bonchev–Trinajstić information content (AvgIpc) is 2.48. The standard InChI is InChI=1S/C17H24FNO2/c1-19-16(14-5-4-13(20-2)10-15(14)18)12-6-9-21-17(11-12)7-3-8-17/h4-5,10,12,16,19H,3,6-9,11H2,1-2H3. The Morgan fingerprint density at radius 1 is 1.43 bits per heavy atom. The number of hydrogen-bond acceptors (Lipinski definition) is 3. The Morgan fingerprint density at radius 3 is 2.81 bits per heavy atom. The highest BCUT2D eigenvalue weighted by Gasteiger charge is 2.44. The van der Waals surface area contributed by atoms with Crippen molar-refractivity contribution in [2.45, 2.75) is 43.7 Å². The second-order valence-corrected chi connectivity index (χ2v) is 6.29. The number of hydrogen-bond donors (Lipinski definition) is 1. The van der Waals surface area contributed by atoms with E-state index in [2.05, 4.69) is 5.32 Å². The smallest absolute Gasteiger partial charge is 0.131 e. The quantitative estimate of drug-likeness (QED) is 0.922. The molecule has 4 heteroatoms. The monoisotopic (exact) mass is 293 g/mol. The molecule has 2 atom stereocenters. The molecule has 2 aliphatic rings. The van der Waals surface area contributed by atoms with E-state index in [0.29, 0.717) is 11.7 Å². The summed E-state index contributed by atoms with van der Waals surface area (Å²) in [5.74, 6) is 0.795. The van der Waals surface area contributed by atoms with Crippen LogP contribution in [0.1, 0.15) is 43.7 Å². The average molecular weight is 293 g/mol. The van der Waals surface area contributed by atoms with E-state index in [9.17, 15) is 4.39 Å². The summed E-state index contributed by atoms with van der Waals surface area (Å²) in [5.41, 5.74) is 0.820. The van der Waals surface area contributed by atoms with Gasteiger partial charge in [0.25, 0.3) is 0 Å². The van der Waals surface area contributed by atoms with E-state index >= 15 is 0 Å². The Hall–Kier alpha value is -1.13. The predicted octanol–water partition coefficient (Wildman–Crippen LogP) is 3.44. The van der Waals surface area contributed by atoms with Crippen molar-refractivity contribution in [2.24, 2.45) is 5.92 Å². The third-order valence-electron chi connectivity index (χ3n) is 5.12. The van der Waals surface area contributed by atoms with Crippen molar-refractivity contribution in [2.75, 3.05) is 20.8 Å². The van der Waals surface area contributed by atoms with Gasteiger partial charge in [0, 0.05) is 24.3 Å². The molecule has 2 fully saturated rings. The fourth-order valence-corrected chi connectivity index (χ4v) is 3.80. The van der Waals surface area contributed by atoms with Crippen LogP contribution in [0.3, 0.4) is 0 Å². The predicted molar refractivity (Wildman–Crippen MR) is 80.0 cm³/mol. The van der Waals surface area contributed by atoms with E-state index in [1.807, 2.05) is 19.2 Å². The van der Waals surface area contributed by atoms with Crippen LogP contribution in [0.2, 0.25) is 0 Å². The summed E-state index contributed by atoms with van der Waals surface area (Å²) in [4.78, 5) is 0. The van der Waals surface area contributed by atoms with Gasteiger partial charge >= 0.3 is 0 Å². The SMILES string of the molecule is CNC(c1ccc(OC)cc1F)C1CCOC2(CCC2)C1. The van der Waals surface area contributed by atoms with Crippen LogP contribution in [0.15, 0.2) is 18.2 Å². The van der Waals surface area contributed by atoms with E-state index in [-0.39, 0.29) is 17.5 Å². The molecule has 1 heterocycles. The summed E-state index contributed by atoms with van der Waals surface area (Å²) in [5, 5.41) is 3.32. The molecule has 3 rings (SSSR count). The Labute approximate surface area is 125 Å². The first-order chi connectivity index (χ1) is 10.2. The fraction of sp³-hybridized carbons (Fsp3) is 0.647. The van der Waals surface area contributed by atoms with Gasteiger partial charge in [-0.1, -0.05) is 6.07 Å². The minimum absolute atomic E-state index is 0.0391. The number of halogens is 1. The van der Waals surface area contributed by atoms with Crippen LogP contribution in [-0.4, -0.2) is 26.4 Å². The van der Waals surface area contributed by atoms with Gasteiger partial charge in [0.05, 0.1) is 12.7 Å². The van der Waals surface area contributed by atoms with Gasteiger partial charge in [0.1, 0.15) is 11.6 Å². The normalized spacial score (nSPS) is 25.4. The van der Waals surface area contributed by atoms with E-state index in [4.69, 9.17) is 9.47 Å². The summed E-state index contributed by atoms with van der Waals surface area (Å²) < 4.78 is 25.4. The third kappa shape index (κ3) is 2.79. The number of methoxy groups -OCH3 is 1. The molecule has 0 radical (unpaired) electrons. The summed E-state index contributed by atoms with van der Waals surface area (Å²) in [6.45, 7) is 0.792. The van der Waals surface area contributed by atoms with Gasteiger partial charge in [-0.25, -0.2) is 4.39 Å². The highest BCUT2D eigenvalue weighted by molar-refractivity contribution is 5.31. The van der Waals surface area contributed by atoms with Gasteiger partial charge in [-0.2, -0.15) is 0 Å². The fourth-order valence-electron chi connectivity index (χ4n) is 3.80. The van der Waals surface area contributed by atoms with E-state index in [1.165, 1.54) is 12.5 Å². The molecular weight excluding hydrogens is 269 g/mol. The van der Waals surface area contributed by atoms with Crippen molar-refractivity contribution >= 4 is 0 Å². The van der Waals surface area contributed by atoms with Crippen molar-refractivity contribution in [3.63, 3.8) is 0 Å². The summed E-state index contributed by atoms with van der Waals surface area (Å²) in [6, 6.07) is 5.19. The zero-order valence-electron chi connectivity index (χ0n) is 12.8. The lowest BCUT2D eigenvalue weighted by molar-refractivity contribution is -0.147. The van der Waals surface area contributed by atoms with Gasteiger partial charge in [0.15, 0.2) is 0 Å². The van der Waals surface area contributed by atoms with Crippen LogP contribution < -0.4 is 10.1 Å². The molecule has 1 aromatic carbocycles. The second-order valence-electron chi connectivity index (χ2n) is 6.29. The first-order valence-electron chi connectivity index (χ1n) is 7.82. The number of nitrogens with one attached hydrogen (secondary N) is 1. The van der Waals surface area contributed by atoms with Crippen molar-refractivity contribution in [1.82, 2.24) is 5.32 Å². The molecule has 0 aromatic heterocycles. The zero-order chi connectivity index (χ0) is 14.9. The molecule has 2 unspecified atom stereocenters. The first-order valence-corrected chi connectivity index (χ1v) is 7.82. The number of ether oxygens (including phenoxy) is 2. The zero-order valence-corrected chi connectivity index (χ0v) is 12.8. The molecule has 3 nitrogen and oxygen atoms in total. The lowest BCUT2D eigenvalue weighted by Gasteiger charge is -2.48. The van der Waals surface area contributed by atoms with Crippen LogP contribution >= 0.6 is 0 Å². The van der Waals surface area contributed by atoms with Crippen LogP contribution in [0.4, 0.5) is 4.39 Å². The maximum absolute atomic E-state index is 14.4. The highest BCUT2D eigenvalue weighted by atomic mass is 19.1. The van der Waals surface area contributed by atoms with Gasteiger partial charge < -0.3 is 14.8 Å². The minimum atomic E-state index is -0.192. The molecule has 1 saturated heterocycles. The van der Waals surface area contributed by atoms with Crippen molar-refractivity contribution in [3.8, 4) is 5.75 Å². The maximum Gasteiger partial charge on any atom is 0.131 e. The van der Waals surface area contributed by atoms with Crippen LogP contribution in [-0.2, 0) is 4.74 Å². The van der Waals surface area contributed by atoms with Crippen molar-refractivity contribution in [1.29, 1.82) is 0 Å². The molecule has 116 valence electrons. The summed E-state index contributed by atoms with van der Waals surface area (Å²) in [7, 11) is 3.47. The molecule has 0 amide bonds. The third-order valence-corrected chi connectivity index (χ3v) is 5.12. The molecule has 1 aliphatic carbocycles. The van der Waals surface area contributed by atoms with Gasteiger partial charge in [0.2, 0.25) is 0 Å². The Balaban J connectivity index is 1.81. The number of rotatable bonds is 4. The van der Waals surface area contributed by atoms with Gasteiger partial charge in [-0.15, -0.1) is 0 Å². The lowest BCUT2D eigenvalue weighted by atomic mass is 9.69. The topological polar surface area (TPSA) is 30.5 Å². The molecule has 1 aromatic rings. The largest absolute Gasteiger partial charge is 0.497 e. The Kier molecular flexibility index (Phi) is 4.18. The van der Waals surface area contributed by atoms with Crippen LogP contribution in [0, 0.1) is 11.7 Å². The van der Waals surface area contributed by atoms with Crippen molar-refractivity contribution < 1.29 is 13.9 Å². The van der Waals surface area contributed by atoms with Gasteiger partial charge in [-0.3, -0.25) is 0 Å². The molecule has 0 bridgehead atoms. The summed E-state index contributed by atoms with van der Waals surface area (Å²) >= 11 is 0. The van der Waals surface area contributed by atoms with Crippen molar-refractivity contribution in [3.05, 3.63) is 29.6 Å². The lowest BCUT2D eigenvalue weighted by Crippen LogP contribution is -2.47. The maximum atomic E-state index is 14.4. The van der Waals surface area contributed by atoms with E-state index in [0.717, 1.165) is 37.9 Å². The molecule has 1 N–H and O–H groups in total. The first kappa shape index (κ1) is 14.8. The van der Waals surface area contributed by atoms with Gasteiger partial charge in [-0.05, 0) is 51.1 Å². The minimum Gasteiger partial charge on any atom is -0.497 e. The second kappa shape index (κ2) is 5.93. The molecule has 1 aliphatic heterocycles. The molecule has 1 spiro atoms. The highest BCUT2D eigenvalue weighted by Crippen LogP contribution is 2.47. The van der Waals surface area contributed by atoms with Crippen LogP contribution in [0.25, 0.3) is 0 Å². The molecular formula is C17H24FNO2. The Bertz CT molecular complexity index is 502. The van der Waals surface area contributed by atoms with E-state index in [1.54, 1.807) is 7.11 Å². The summed E-state index contributed by atoms with van der Waals surface area (Å²) in [6.07, 6.45) is 5.59. The molecule has 1 saturated carbocycles. The number of benzene rings is 1. The van der Waals surface area contributed by atoms with E-state index < -0.39 is 0 Å². The molecule has 21 heavy (non-hydrogen) atoms. The Morgan fingerprint density at radius 2 is 2.24 bits per heavy atom.